The molecule has 0 unspecified atom stereocenters. The van der Waals surface area contributed by atoms with Gasteiger partial charge in [-0.25, -0.2) is 9.97 Å². The van der Waals surface area contributed by atoms with E-state index >= 15 is 0 Å². The van der Waals surface area contributed by atoms with Crippen LogP contribution in [0.15, 0.2) is 47.7 Å². The zero-order valence-electron chi connectivity index (χ0n) is 12.0. The third-order valence-electron chi connectivity index (χ3n) is 3.55. The van der Waals surface area contributed by atoms with Gasteiger partial charge in [-0.05, 0) is 30.3 Å². The van der Waals surface area contributed by atoms with E-state index in [1.165, 1.54) is 22.2 Å². The lowest BCUT2D eigenvalue weighted by atomic mass is 10.3. The molecular weight excluding hydrogens is 334 g/mol. The number of methoxy groups -OCH3 is 1. The Balaban J connectivity index is 1.97. The molecule has 4 aromatic rings. The van der Waals surface area contributed by atoms with Gasteiger partial charge in [0.05, 0.1) is 23.3 Å². The Morgan fingerprint density at radius 1 is 1.22 bits per heavy atom. The maximum Gasteiger partial charge on any atom is 0.275 e. The average molecular weight is 344 g/mol. The van der Waals surface area contributed by atoms with Crippen molar-refractivity contribution in [2.24, 2.45) is 0 Å². The highest BCUT2D eigenvalue weighted by Crippen LogP contribution is 2.30. The summed E-state index contributed by atoms with van der Waals surface area (Å²) in [6.45, 7) is 0. The van der Waals surface area contributed by atoms with E-state index in [0.29, 0.717) is 15.2 Å². The molecule has 3 aromatic heterocycles. The molecule has 0 fully saturated rings. The highest BCUT2D eigenvalue weighted by Gasteiger charge is 2.13. The lowest BCUT2D eigenvalue weighted by Crippen LogP contribution is -2.17. The number of nitrogens with zero attached hydrogens (tertiary/aromatic N) is 3. The molecule has 5 nitrogen and oxygen atoms in total. The molecule has 0 saturated heterocycles. The maximum atomic E-state index is 12.8. The molecule has 7 heteroatoms. The van der Waals surface area contributed by atoms with Crippen LogP contribution in [0.4, 0.5) is 0 Å². The molecule has 4 rings (SSSR count). The molecule has 114 valence electrons. The van der Waals surface area contributed by atoms with Gasteiger partial charge in [-0.1, -0.05) is 11.6 Å². The molecule has 0 saturated carbocycles. The van der Waals surface area contributed by atoms with Gasteiger partial charge < -0.3 is 4.74 Å². The van der Waals surface area contributed by atoms with Gasteiger partial charge in [-0.15, -0.1) is 11.3 Å². The summed E-state index contributed by atoms with van der Waals surface area (Å²) in [7, 11) is 1.60. The summed E-state index contributed by atoms with van der Waals surface area (Å²) in [6.07, 6.45) is 3.10. The predicted octanol–water partition coefficient (Wildman–Crippen LogP) is 3.66. The van der Waals surface area contributed by atoms with E-state index in [2.05, 4.69) is 9.97 Å². The van der Waals surface area contributed by atoms with Crippen LogP contribution in [-0.2, 0) is 0 Å². The summed E-state index contributed by atoms with van der Waals surface area (Å²) in [5, 5.41) is 1.33. The number of rotatable bonds is 2. The van der Waals surface area contributed by atoms with E-state index < -0.39 is 0 Å². The predicted molar refractivity (Wildman–Crippen MR) is 92.1 cm³/mol. The van der Waals surface area contributed by atoms with Crippen molar-refractivity contribution in [2.75, 3.05) is 7.11 Å². The fourth-order valence-electron chi connectivity index (χ4n) is 2.42. The summed E-state index contributed by atoms with van der Waals surface area (Å²) in [4.78, 5) is 22.2. The quantitative estimate of drug-likeness (QED) is 0.557. The van der Waals surface area contributed by atoms with E-state index in [-0.39, 0.29) is 5.56 Å². The van der Waals surface area contributed by atoms with Crippen molar-refractivity contribution in [3.05, 3.63) is 58.2 Å². The van der Waals surface area contributed by atoms with Crippen LogP contribution in [0.3, 0.4) is 0 Å². The Labute approximate surface area is 139 Å². The minimum atomic E-state index is -0.126. The molecule has 0 atom stereocenters. The van der Waals surface area contributed by atoms with E-state index in [4.69, 9.17) is 16.3 Å². The number of thiophene rings is 1. The van der Waals surface area contributed by atoms with Crippen molar-refractivity contribution in [3.63, 3.8) is 0 Å². The van der Waals surface area contributed by atoms with E-state index in [9.17, 15) is 4.79 Å². The lowest BCUT2D eigenvalue weighted by molar-refractivity contribution is 0.414. The fourth-order valence-corrected chi connectivity index (χ4v) is 3.59. The first-order valence-corrected chi connectivity index (χ1v) is 7.96. The molecule has 0 radical (unpaired) electrons. The van der Waals surface area contributed by atoms with Crippen molar-refractivity contribution < 1.29 is 4.74 Å². The molecule has 0 spiro atoms. The average Bonchev–Trinajstić information content (AvgIpc) is 2.94. The number of hydrogen-bond acceptors (Lipinski definition) is 5. The van der Waals surface area contributed by atoms with Gasteiger partial charge >= 0.3 is 0 Å². The third-order valence-corrected chi connectivity index (χ3v) is 4.85. The second-order valence-corrected chi connectivity index (χ2v) is 6.34. The summed E-state index contributed by atoms with van der Waals surface area (Å²) in [5.41, 5.74) is 1.24. The topological polar surface area (TPSA) is 57.0 Å². The van der Waals surface area contributed by atoms with Gasteiger partial charge in [-0.2, -0.15) is 0 Å². The fraction of sp³-hybridized carbons (Fsp3) is 0.0625. The van der Waals surface area contributed by atoms with Crippen molar-refractivity contribution in [3.8, 4) is 11.4 Å². The standard InChI is InChI=1S/C16H10ClN3O2S/c1-22-11-4-2-10(3-5-11)20-8-19-13-12-6-9(17)7-18-15(12)23-14(13)16(20)21/h2-8H,1H3. The van der Waals surface area contributed by atoms with Crippen LogP contribution in [0.2, 0.25) is 5.02 Å². The normalized spacial score (nSPS) is 11.2. The van der Waals surface area contributed by atoms with Crippen LogP contribution >= 0.6 is 22.9 Å². The van der Waals surface area contributed by atoms with Crippen LogP contribution in [0, 0.1) is 0 Å². The van der Waals surface area contributed by atoms with Gasteiger partial charge in [0.1, 0.15) is 21.6 Å². The van der Waals surface area contributed by atoms with Crippen molar-refractivity contribution in [2.45, 2.75) is 0 Å². The van der Waals surface area contributed by atoms with Gasteiger partial charge in [0, 0.05) is 11.6 Å². The molecule has 1 aromatic carbocycles. The van der Waals surface area contributed by atoms with Gasteiger partial charge in [0.15, 0.2) is 0 Å². The molecule has 0 amide bonds. The van der Waals surface area contributed by atoms with Crippen LogP contribution in [0.5, 0.6) is 5.75 Å². The first-order valence-electron chi connectivity index (χ1n) is 6.77. The van der Waals surface area contributed by atoms with Crippen LogP contribution in [-0.4, -0.2) is 21.6 Å². The number of fused-ring (bicyclic) bond motifs is 3. The number of pyridine rings is 1. The molecule has 0 aliphatic rings. The summed E-state index contributed by atoms with van der Waals surface area (Å²) in [5.74, 6) is 0.733. The minimum absolute atomic E-state index is 0.126. The Hall–Kier alpha value is -2.44. The van der Waals surface area contributed by atoms with Gasteiger partial charge in [0.2, 0.25) is 0 Å². The summed E-state index contributed by atoms with van der Waals surface area (Å²) < 4.78 is 7.21. The highest BCUT2D eigenvalue weighted by molar-refractivity contribution is 7.25. The van der Waals surface area contributed by atoms with Gasteiger partial charge in [0.25, 0.3) is 5.56 Å². The molecular formula is C16H10ClN3O2S. The zero-order chi connectivity index (χ0) is 16.0. The van der Waals surface area contributed by atoms with Crippen molar-refractivity contribution in [1.29, 1.82) is 0 Å². The van der Waals surface area contributed by atoms with Crippen molar-refractivity contribution in [1.82, 2.24) is 14.5 Å². The second kappa shape index (κ2) is 5.33. The van der Waals surface area contributed by atoms with Gasteiger partial charge in [-0.3, -0.25) is 9.36 Å². The number of hydrogen-bond donors (Lipinski definition) is 0. The SMILES string of the molecule is COc1ccc(-n2cnc3c(sc4ncc(Cl)cc43)c2=O)cc1. The Morgan fingerprint density at radius 3 is 2.74 bits per heavy atom. The number of halogens is 1. The van der Waals surface area contributed by atoms with Crippen LogP contribution in [0.1, 0.15) is 0 Å². The van der Waals surface area contributed by atoms with E-state index in [1.54, 1.807) is 31.5 Å². The number of ether oxygens (including phenoxy) is 1. The number of benzene rings is 1. The van der Waals surface area contributed by atoms with E-state index in [0.717, 1.165) is 21.7 Å². The second-order valence-electron chi connectivity index (χ2n) is 4.90. The molecule has 23 heavy (non-hydrogen) atoms. The molecule has 3 heterocycles. The number of aromatic nitrogens is 3. The first kappa shape index (κ1) is 14.2. The largest absolute Gasteiger partial charge is 0.497 e. The van der Waals surface area contributed by atoms with E-state index in [1.807, 2.05) is 12.1 Å². The third kappa shape index (κ3) is 2.27. The Kier molecular flexibility index (Phi) is 3.28. The highest BCUT2D eigenvalue weighted by atomic mass is 35.5. The lowest BCUT2D eigenvalue weighted by Gasteiger charge is -2.06. The smallest absolute Gasteiger partial charge is 0.275 e. The first-order chi connectivity index (χ1) is 11.2. The molecule has 0 aliphatic heterocycles. The Morgan fingerprint density at radius 2 is 2.00 bits per heavy atom. The summed E-state index contributed by atoms with van der Waals surface area (Å²) >= 11 is 7.31. The van der Waals surface area contributed by atoms with Crippen LogP contribution in [0.25, 0.3) is 26.1 Å². The minimum Gasteiger partial charge on any atom is -0.497 e. The van der Waals surface area contributed by atoms with Crippen molar-refractivity contribution >= 4 is 43.4 Å². The maximum absolute atomic E-state index is 12.8. The molecule has 0 aliphatic carbocycles. The summed E-state index contributed by atoms with van der Waals surface area (Å²) in [6, 6.07) is 9.02. The zero-order valence-corrected chi connectivity index (χ0v) is 13.6. The monoisotopic (exact) mass is 343 g/mol. The molecule has 0 bridgehead atoms. The van der Waals surface area contributed by atoms with Crippen LogP contribution < -0.4 is 10.3 Å². The molecule has 0 N–H and O–H groups in total. The Bertz CT molecular complexity index is 1090.